The van der Waals surface area contributed by atoms with Crippen LogP contribution in [0, 0.1) is 0 Å². The molecule has 29 heavy (non-hydrogen) atoms. The summed E-state index contributed by atoms with van der Waals surface area (Å²) in [6, 6.07) is 7.56. The molecule has 0 saturated heterocycles. The first kappa shape index (κ1) is 22.6. The van der Waals surface area contributed by atoms with Gasteiger partial charge in [-0.05, 0) is 37.3 Å². The highest BCUT2D eigenvalue weighted by Gasteiger charge is 2.21. The van der Waals surface area contributed by atoms with Crippen molar-refractivity contribution in [3.8, 4) is 23.0 Å². The Morgan fingerprint density at radius 3 is 2.07 bits per heavy atom. The highest BCUT2D eigenvalue weighted by Crippen LogP contribution is 2.38. The van der Waals surface area contributed by atoms with Gasteiger partial charge in [-0.2, -0.15) is 0 Å². The molecule has 0 heterocycles. The van der Waals surface area contributed by atoms with Crippen LogP contribution in [-0.4, -0.2) is 45.8 Å². The van der Waals surface area contributed by atoms with Crippen molar-refractivity contribution in [3.05, 3.63) is 45.9 Å². The topological polar surface area (TPSA) is 80.3 Å². The Bertz CT molecular complexity index is 873. The van der Waals surface area contributed by atoms with Crippen molar-refractivity contribution >= 4 is 35.0 Å². The van der Waals surface area contributed by atoms with Gasteiger partial charge in [-0.25, -0.2) is 4.79 Å². The van der Waals surface area contributed by atoms with Crippen LogP contribution in [0.25, 0.3) is 0 Å². The van der Waals surface area contributed by atoms with Crippen molar-refractivity contribution in [2.75, 3.05) is 27.9 Å². The van der Waals surface area contributed by atoms with E-state index in [9.17, 15) is 9.59 Å². The molecule has 0 aliphatic carbocycles. The van der Waals surface area contributed by atoms with Crippen LogP contribution >= 0.6 is 23.2 Å². The van der Waals surface area contributed by atoms with Crippen LogP contribution in [0.3, 0.4) is 0 Å². The van der Waals surface area contributed by atoms with E-state index in [0.717, 1.165) is 0 Å². The fourth-order valence-corrected chi connectivity index (χ4v) is 2.84. The summed E-state index contributed by atoms with van der Waals surface area (Å²) >= 11 is 11.8. The fourth-order valence-electron chi connectivity index (χ4n) is 2.39. The number of ketones is 1. The summed E-state index contributed by atoms with van der Waals surface area (Å²) in [5.41, 5.74) is 0.238. The summed E-state index contributed by atoms with van der Waals surface area (Å²) in [4.78, 5) is 24.6. The smallest absolute Gasteiger partial charge is 0.347 e. The van der Waals surface area contributed by atoms with Crippen molar-refractivity contribution < 1.29 is 33.3 Å². The Morgan fingerprint density at radius 1 is 0.931 bits per heavy atom. The SMILES string of the molecule is COc1cc(C(=O)COC(=O)C(C)Oc2ccc(Cl)cc2Cl)cc(OC)c1OC. The maximum absolute atomic E-state index is 12.5. The molecule has 0 radical (unpaired) electrons. The molecular weight excluding hydrogens is 423 g/mol. The molecule has 0 N–H and O–H groups in total. The quantitative estimate of drug-likeness (QED) is 0.424. The molecule has 0 spiro atoms. The summed E-state index contributed by atoms with van der Waals surface area (Å²) in [5, 5.41) is 0.694. The predicted molar refractivity (Wildman–Crippen MR) is 108 cm³/mol. The maximum atomic E-state index is 12.5. The second-order valence-corrected chi connectivity index (χ2v) is 6.62. The van der Waals surface area contributed by atoms with Gasteiger partial charge >= 0.3 is 5.97 Å². The summed E-state index contributed by atoms with van der Waals surface area (Å²) < 4.78 is 26.2. The Balaban J connectivity index is 2.03. The minimum atomic E-state index is -0.985. The van der Waals surface area contributed by atoms with E-state index in [0.29, 0.717) is 22.3 Å². The lowest BCUT2D eigenvalue weighted by Crippen LogP contribution is -2.28. The van der Waals surface area contributed by atoms with Gasteiger partial charge in [0.15, 0.2) is 24.2 Å². The van der Waals surface area contributed by atoms with Crippen molar-refractivity contribution in [3.63, 3.8) is 0 Å². The van der Waals surface area contributed by atoms with Gasteiger partial charge < -0.3 is 23.7 Å². The summed E-state index contributed by atoms with van der Waals surface area (Å²) in [5.74, 6) is 0.0826. The Hall–Kier alpha value is -2.64. The molecule has 2 aromatic rings. The van der Waals surface area contributed by atoms with E-state index in [1.807, 2.05) is 0 Å². The molecule has 0 saturated carbocycles. The molecule has 1 unspecified atom stereocenters. The molecule has 0 aliphatic rings. The number of rotatable bonds is 9. The Kier molecular flexibility index (Phi) is 7.99. The van der Waals surface area contributed by atoms with E-state index in [1.54, 1.807) is 6.07 Å². The normalized spacial score (nSPS) is 11.4. The first-order valence-corrected chi connectivity index (χ1v) is 9.17. The molecule has 156 valence electrons. The van der Waals surface area contributed by atoms with E-state index in [2.05, 4.69) is 0 Å². The third kappa shape index (κ3) is 5.68. The molecule has 2 aromatic carbocycles. The van der Waals surface area contributed by atoms with E-state index < -0.39 is 24.5 Å². The van der Waals surface area contributed by atoms with E-state index in [-0.39, 0.29) is 16.3 Å². The minimum absolute atomic E-state index is 0.238. The number of carbonyl (C=O) groups is 2. The summed E-state index contributed by atoms with van der Waals surface area (Å²) in [7, 11) is 4.33. The van der Waals surface area contributed by atoms with E-state index in [1.165, 1.54) is 52.5 Å². The molecule has 2 rings (SSSR count). The van der Waals surface area contributed by atoms with Crippen molar-refractivity contribution in [2.24, 2.45) is 0 Å². The number of halogens is 2. The highest BCUT2D eigenvalue weighted by atomic mass is 35.5. The number of esters is 1. The zero-order valence-electron chi connectivity index (χ0n) is 16.3. The number of Topliss-reactive ketones (excluding diaryl/α,β-unsaturated/α-hetero) is 1. The average molecular weight is 443 g/mol. The molecule has 0 aromatic heterocycles. The Morgan fingerprint density at radius 2 is 1.55 bits per heavy atom. The zero-order valence-corrected chi connectivity index (χ0v) is 17.8. The Labute approximate surface area is 178 Å². The standard InChI is InChI=1S/C20H20Cl2O7/c1-11(29-16-6-5-13(21)9-14(16)22)20(24)28-10-15(23)12-7-17(25-2)19(27-4)18(8-12)26-3/h5-9,11H,10H2,1-4H3. The van der Waals surface area contributed by atoms with Gasteiger partial charge in [0, 0.05) is 10.6 Å². The van der Waals surface area contributed by atoms with Gasteiger partial charge in [0.2, 0.25) is 11.5 Å². The lowest BCUT2D eigenvalue weighted by atomic mass is 10.1. The second kappa shape index (κ2) is 10.2. The molecule has 7 nitrogen and oxygen atoms in total. The van der Waals surface area contributed by atoms with Gasteiger partial charge in [0.05, 0.1) is 26.4 Å². The van der Waals surface area contributed by atoms with E-state index >= 15 is 0 Å². The van der Waals surface area contributed by atoms with Crippen LogP contribution in [0.5, 0.6) is 23.0 Å². The number of hydrogen-bond donors (Lipinski definition) is 0. The highest BCUT2D eigenvalue weighted by molar-refractivity contribution is 6.35. The summed E-state index contributed by atoms with van der Waals surface area (Å²) in [6.45, 7) is 0.997. The zero-order chi connectivity index (χ0) is 21.6. The van der Waals surface area contributed by atoms with E-state index in [4.69, 9.17) is 46.9 Å². The average Bonchev–Trinajstić information content (AvgIpc) is 2.72. The molecule has 0 amide bonds. The number of hydrogen-bond acceptors (Lipinski definition) is 7. The lowest BCUT2D eigenvalue weighted by Gasteiger charge is -2.16. The van der Waals surface area contributed by atoms with Gasteiger partial charge in [-0.15, -0.1) is 0 Å². The van der Waals surface area contributed by atoms with Crippen LogP contribution < -0.4 is 18.9 Å². The van der Waals surface area contributed by atoms with Crippen LogP contribution in [0.15, 0.2) is 30.3 Å². The predicted octanol–water partition coefficient (Wildman–Crippen LogP) is 4.21. The van der Waals surface area contributed by atoms with Crippen molar-refractivity contribution in [1.82, 2.24) is 0 Å². The van der Waals surface area contributed by atoms with Gasteiger partial charge in [-0.1, -0.05) is 23.2 Å². The van der Waals surface area contributed by atoms with Gasteiger partial charge in [0.25, 0.3) is 0 Å². The molecule has 0 fully saturated rings. The van der Waals surface area contributed by atoms with Gasteiger partial charge in [-0.3, -0.25) is 4.79 Å². The van der Waals surface area contributed by atoms with Gasteiger partial charge in [0.1, 0.15) is 5.75 Å². The fraction of sp³-hybridized carbons (Fsp3) is 0.300. The minimum Gasteiger partial charge on any atom is -0.493 e. The molecule has 9 heteroatoms. The molecule has 0 bridgehead atoms. The first-order valence-electron chi connectivity index (χ1n) is 8.42. The molecular formula is C20H20Cl2O7. The third-order valence-corrected chi connectivity index (χ3v) is 4.39. The van der Waals surface area contributed by atoms with Crippen molar-refractivity contribution in [1.29, 1.82) is 0 Å². The number of benzene rings is 2. The number of carbonyl (C=O) groups excluding carboxylic acids is 2. The molecule has 1 atom stereocenters. The maximum Gasteiger partial charge on any atom is 0.347 e. The van der Waals surface area contributed by atoms with Crippen LogP contribution in [0.1, 0.15) is 17.3 Å². The van der Waals surface area contributed by atoms with Crippen LogP contribution in [-0.2, 0) is 9.53 Å². The molecule has 0 aliphatic heterocycles. The second-order valence-electron chi connectivity index (χ2n) is 5.78. The largest absolute Gasteiger partial charge is 0.493 e. The third-order valence-electron chi connectivity index (χ3n) is 3.86. The number of methoxy groups -OCH3 is 3. The lowest BCUT2D eigenvalue weighted by molar-refractivity contribution is -0.149. The number of ether oxygens (including phenoxy) is 5. The van der Waals surface area contributed by atoms with Crippen LogP contribution in [0.2, 0.25) is 10.0 Å². The monoisotopic (exact) mass is 442 g/mol. The van der Waals surface area contributed by atoms with Crippen LogP contribution in [0.4, 0.5) is 0 Å². The summed E-state index contributed by atoms with van der Waals surface area (Å²) in [6.07, 6.45) is -0.985. The van der Waals surface area contributed by atoms with Crippen molar-refractivity contribution in [2.45, 2.75) is 13.0 Å². The first-order chi connectivity index (χ1) is 13.8.